The number of nitrogens with one attached hydrogen (secondary N) is 1. The van der Waals surface area contributed by atoms with Gasteiger partial charge in [-0.15, -0.1) is 0 Å². The van der Waals surface area contributed by atoms with Gasteiger partial charge in [0, 0.05) is 24.9 Å². The number of anilines is 1. The zero-order valence-corrected chi connectivity index (χ0v) is 17.8. The van der Waals surface area contributed by atoms with Gasteiger partial charge in [-0.3, -0.25) is 4.79 Å². The van der Waals surface area contributed by atoms with Gasteiger partial charge in [-0.05, 0) is 62.1 Å². The molecule has 0 unspecified atom stereocenters. The van der Waals surface area contributed by atoms with E-state index in [0.717, 1.165) is 48.1 Å². The lowest BCUT2D eigenvalue weighted by atomic mass is 10.1. The number of benzene rings is 2. The fourth-order valence-electron chi connectivity index (χ4n) is 3.48. The van der Waals surface area contributed by atoms with E-state index in [1.807, 2.05) is 32.0 Å². The average Bonchev–Trinajstić information content (AvgIpc) is 2.99. The Bertz CT molecular complexity index is 987. The van der Waals surface area contributed by atoms with E-state index in [2.05, 4.69) is 5.32 Å². The maximum Gasteiger partial charge on any atom is 0.248 e. The molecule has 1 N–H and O–H groups in total. The van der Waals surface area contributed by atoms with Crippen LogP contribution in [0, 0.1) is 13.8 Å². The van der Waals surface area contributed by atoms with E-state index in [1.54, 1.807) is 34.6 Å². The number of hydrogen-bond acceptors (Lipinski definition) is 3. The maximum atomic E-state index is 12.8. The maximum absolute atomic E-state index is 12.8. The summed E-state index contributed by atoms with van der Waals surface area (Å²) in [5.74, 6) is -0.224. The largest absolute Gasteiger partial charge is 0.322 e. The van der Waals surface area contributed by atoms with Gasteiger partial charge in [0.05, 0.1) is 4.90 Å². The standard InChI is InChI=1S/C23H28N2O3S/c1-18-7-13-22(19(2)17-18)24-23(26)14-10-20-8-11-21(12-9-20)29(27,28)25-15-5-3-4-6-16-25/h7-14,17H,3-6,15-16H2,1-2H3,(H,24,26)/b14-10+. The van der Waals surface area contributed by atoms with Crippen molar-refractivity contribution in [3.8, 4) is 0 Å². The second-order valence-corrected chi connectivity index (χ2v) is 9.47. The van der Waals surface area contributed by atoms with Gasteiger partial charge in [-0.1, -0.05) is 42.7 Å². The number of carbonyl (C=O) groups excluding carboxylic acids is 1. The van der Waals surface area contributed by atoms with E-state index < -0.39 is 10.0 Å². The van der Waals surface area contributed by atoms with Gasteiger partial charge in [-0.2, -0.15) is 4.31 Å². The normalized spacial score (nSPS) is 15.9. The molecule has 29 heavy (non-hydrogen) atoms. The van der Waals surface area contributed by atoms with Crippen LogP contribution in [0.15, 0.2) is 53.4 Å². The van der Waals surface area contributed by atoms with Crippen molar-refractivity contribution in [3.05, 3.63) is 65.2 Å². The molecule has 2 aromatic carbocycles. The molecule has 5 nitrogen and oxygen atoms in total. The van der Waals surface area contributed by atoms with Crippen molar-refractivity contribution in [1.29, 1.82) is 0 Å². The van der Waals surface area contributed by atoms with Crippen LogP contribution in [-0.2, 0) is 14.8 Å². The van der Waals surface area contributed by atoms with E-state index in [1.165, 1.54) is 6.08 Å². The Labute approximate surface area is 173 Å². The van der Waals surface area contributed by atoms with Crippen LogP contribution in [0.3, 0.4) is 0 Å². The molecule has 6 heteroatoms. The Morgan fingerprint density at radius 1 is 0.966 bits per heavy atom. The second-order valence-electron chi connectivity index (χ2n) is 7.53. The van der Waals surface area contributed by atoms with Crippen LogP contribution >= 0.6 is 0 Å². The molecule has 154 valence electrons. The second kappa shape index (κ2) is 9.37. The molecule has 0 aliphatic carbocycles. The third kappa shape index (κ3) is 5.55. The minimum Gasteiger partial charge on any atom is -0.322 e. The molecule has 0 aromatic heterocycles. The minimum absolute atomic E-state index is 0.224. The Morgan fingerprint density at radius 3 is 2.24 bits per heavy atom. The van der Waals surface area contributed by atoms with Crippen molar-refractivity contribution in [2.75, 3.05) is 18.4 Å². The molecule has 0 bridgehead atoms. The van der Waals surface area contributed by atoms with Crippen molar-refractivity contribution in [1.82, 2.24) is 4.31 Å². The first-order valence-corrected chi connectivity index (χ1v) is 11.5. The first-order valence-electron chi connectivity index (χ1n) is 10.0. The molecule has 0 atom stereocenters. The van der Waals surface area contributed by atoms with Gasteiger partial charge in [0.2, 0.25) is 15.9 Å². The summed E-state index contributed by atoms with van der Waals surface area (Å²) in [5.41, 5.74) is 3.71. The van der Waals surface area contributed by atoms with Crippen molar-refractivity contribution < 1.29 is 13.2 Å². The molecule has 0 spiro atoms. The number of rotatable bonds is 5. The number of hydrogen-bond donors (Lipinski definition) is 1. The van der Waals surface area contributed by atoms with Crippen LogP contribution in [0.1, 0.15) is 42.4 Å². The van der Waals surface area contributed by atoms with Crippen LogP contribution in [0.25, 0.3) is 6.08 Å². The average molecular weight is 413 g/mol. The number of carbonyl (C=O) groups is 1. The van der Waals surface area contributed by atoms with Crippen molar-refractivity contribution in [2.24, 2.45) is 0 Å². The van der Waals surface area contributed by atoms with Crippen LogP contribution in [0.5, 0.6) is 0 Å². The van der Waals surface area contributed by atoms with Crippen molar-refractivity contribution in [2.45, 2.75) is 44.4 Å². The summed E-state index contributed by atoms with van der Waals surface area (Å²) in [5, 5.41) is 2.86. The van der Waals surface area contributed by atoms with Crippen molar-refractivity contribution in [3.63, 3.8) is 0 Å². The van der Waals surface area contributed by atoms with Crippen LogP contribution < -0.4 is 5.32 Å². The van der Waals surface area contributed by atoms with Gasteiger partial charge < -0.3 is 5.32 Å². The molecular formula is C23H28N2O3S. The molecule has 1 fully saturated rings. The van der Waals surface area contributed by atoms with Gasteiger partial charge in [0.15, 0.2) is 0 Å². The highest BCUT2D eigenvalue weighted by Gasteiger charge is 2.24. The van der Waals surface area contributed by atoms with E-state index in [0.29, 0.717) is 18.0 Å². The van der Waals surface area contributed by atoms with E-state index in [-0.39, 0.29) is 5.91 Å². The van der Waals surface area contributed by atoms with E-state index in [4.69, 9.17) is 0 Å². The summed E-state index contributed by atoms with van der Waals surface area (Å²) in [6.45, 7) is 5.14. The molecule has 1 saturated heterocycles. The van der Waals surface area contributed by atoms with Gasteiger partial charge >= 0.3 is 0 Å². The fourth-order valence-corrected chi connectivity index (χ4v) is 5.00. The van der Waals surface area contributed by atoms with Gasteiger partial charge in [0.25, 0.3) is 0 Å². The highest BCUT2D eigenvalue weighted by Crippen LogP contribution is 2.21. The lowest BCUT2D eigenvalue weighted by Gasteiger charge is -2.19. The summed E-state index contributed by atoms with van der Waals surface area (Å²) in [6.07, 6.45) is 7.13. The Balaban J connectivity index is 1.65. The summed E-state index contributed by atoms with van der Waals surface area (Å²) >= 11 is 0. The highest BCUT2D eigenvalue weighted by atomic mass is 32.2. The summed E-state index contributed by atoms with van der Waals surface area (Å²) in [6, 6.07) is 12.5. The van der Waals surface area contributed by atoms with Crippen molar-refractivity contribution >= 4 is 27.7 Å². The Kier molecular flexibility index (Phi) is 6.87. The SMILES string of the molecule is Cc1ccc(NC(=O)/C=C/c2ccc(S(=O)(=O)N3CCCCCC3)cc2)c(C)c1. The lowest BCUT2D eigenvalue weighted by Crippen LogP contribution is -2.31. The molecule has 1 aliphatic heterocycles. The highest BCUT2D eigenvalue weighted by molar-refractivity contribution is 7.89. The monoisotopic (exact) mass is 412 g/mol. The first kappa shape index (κ1) is 21.3. The summed E-state index contributed by atoms with van der Waals surface area (Å²) in [4.78, 5) is 12.5. The smallest absolute Gasteiger partial charge is 0.248 e. The fraction of sp³-hybridized carbons (Fsp3) is 0.348. The number of nitrogens with zero attached hydrogens (tertiary/aromatic N) is 1. The predicted octanol–water partition coefficient (Wildman–Crippen LogP) is 4.52. The molecule has 3 rings (SSSR count). The van der Waals surface area contributed by atoms with Crippen LogP contribution in [0.2, 0.25) is 0 Å². The molecular weight excluding hydrogens is 384 g/mol. The summed E-state index contributed by atoms with van der Waals surface area (Å²) in [7, 11) is -3.45. The number of amides is 1. The third-order valence-corrected chi connectivity index (χ3v) is 7.06. The molecule has 0 saturated carbocycles. The minimum atomic E-state index is -3.45. The molecule has 1 aliphatic rings. The molecule has 1 heterocycles. The molecule has 2 aromatic rings. The van der Waals surface area contributed by atoms with Gasteiger partial charge in [0.1, 0.15) is 0 Å². The number of aryl methyl sites for hydroxylation is 2. The third-order valence-electron chi connectivity index (χ3n) is 5.15. The van der Waals surface area contributed by atoms with Crippen LogP contribution in [-0.4, -0.2) is 31.7 Å². The molecule has 1 amide bonds. The quantitative estimate of drug-likeness (QED) is 0.734. The predicted molar refractivity (Wildman–Crippen MR) is 117 cm³/mol. The Hall–Kier alpha value is -2.44. The van der Waals surface area contributed by atoms with Crippen LogP contribution in [0.4, 0.5) is 5.69 Å². The zero-order chi connectivity index (χ0) is 20.9. The topological polar surface area (TPSA) is 66.5 Å². The first-order chi connectivity index (χ1) is 13.9. The number of sulfonamides is 1. The lowest BCUT2D eigenvalue weighted by molar-refractivity contribution is -0.111. The zero-order valence-electron chi connectivity index (χ0n) is 17.0. The van der Waals surface area contributed by atoms with E-state index >= 15 is 0 Å². The Morgan fingerprint density at radius 2 is 1.62 bits per heavy atom. The summed E-state index contributed by atoms with van der Waals surface area (Å²) < 4.78 is 27.2. The molecule has 0 radical (unpaired) electrons. The van der Waals surface area contributed by atoms with E-state index in [9.17, 15) is 13.2 Å². The van der Waals surface area contributed by atoms with Gasteiger partial charge in [-0.25, -0.2) is 8.42 Å².